The summed E-state index contributed by atoms with van der Waals surface area (Å²) >= 11 is 0. The standard InChI is InChI=1S/C49H73N9O11SSi/c1-13-71(14-2,15-3)22-16-17-41(29-65-46(59)33(4)5)56-26-38(50-53-56)23-42(30-66-47(60)34(6)7)57-27-39(51-54-57)24-43(31-67-48(61)35(8)9)58-28-40(52-55-58)25-44(32-68-49(62)36(10)11)69-70(63,64)45-20-18-37(12)19-21-45/h18-21,26-28,33-36,41-44H,13-15,17,23-25,29-32H2,1-12H3/t41-,42-,43-,44-/m1/s1. The molecule has 0 aliphatic rings. The number of esters is 4. The summed E-state index contributed by atoms with van der Waals surface area (Å²) in [6.07, 6.45) is 4.56. The summed E-state index contributed by atoms with van der Waals surface area (Å²) in [6.45, 7) is 21.7. The molecule has 4 atom stereocenters. The summed E-state index contributed by atoms with van der Waals surface area (Å²) in [5.74, 6) is 0.140. The van der Waals surface area contributed by atoms with Crippen molar-refractivity contribution in [2.24, 2.45) is 23.7 Å². The number of hydrogen-bond donors (Lipinski definition) is 0. The fraction of sp³-hybridized carbons (Fsp3) is 0.633. The Kier molecular flexibility index (Phi) is 22.1. The molecule has 0 amide bonds. The molecule has 3 aromatic heterocycles. The van der Waals surface area contributed by atoms with Crippen LogP contribution in [0.25, 0.3) is 0 Å². The van der Waals surface area contributed by atoms with E-state index in [4.69, 9.17) is 23.1 Å². The summed E-state index contributed by atoms with van der Waals surface area (Å²) in [6, 6.07) is 7.67. The van der Waals surface area contributed by atoms with Crippen LogP contribution in [-0.4, -0.2) is 118 Å². The third-order valence-electron chi connectivity index (χ3n) is 12.0. The lowest BCUT2D eigenvalue weighted by molar-refractivity contribution is -0.150. The molecule has 4 aromatic rings. The van der Waals surface area contributed by atoms with Gasteiger partial charge in [0.15, 0.2) is 0 Å². The molecular weight excluding hydrogens is 951 g/mol. The highest BCUT2D eigenvalue weighted by atomic mass is 32.2. The molecule has 3 heterocycles. The van der Waals surface area contributed by atoms with Crippen molar-refractivity contribution in [2.75, 3.05) is 26.4 Å². The first-order valence-corrected chi connectivity index (χ1v) is 28.5. The van der Waals surface area contributed by atoms with Crippen LogP contribution in [0.1, 0.15) is 123 Å². The molecule has 0 saturated heterocycles. The Hall–Kier alpha value is -5.79. The molecule has 22 heteroatoms. The van der Waals surface area contributed by atoms with Crippen LogP contribution < -0.4 is 0 Å². The van der Waals surface area contributed by atoms with Gasteiger partial charge in [0, 0.05) is 44.3 Å². The van der Waals surface area contributed by atoms with Gasteiger partial charge in [0.1, 0.15) is 40.6 Å². The number of ether oxygens (including phenoxy) is 4. The number of rotatable bonds is 28. The first-order chi connectivity index (χ1) is 33.6. The lowest BCUT2D eigenvalue weighted by Gasteiger charge is -2.20. The minimum absolute atomic E-state index is 0.0618. The first-order valence-electron chi connectivity index (χ1n) is 24.5. The molecular formula is C49H73N9O11SSi. The number of nitrogens with zero attached hydrogens (tertiary/aromatic N) is 9. The smallest absolute Gasteiger partial charge is 0.308 e. The van der Waals surface area contributed by atoms with E-state index in [0.29, 0.717) is 23.5 Å². The molecule has 390 valence electrons. The Bertz CT molecular complexity index is 2520. The van der Waals surface area contributed by atoms with E-state index in [0.717, 1.165) is 23.7 Å². The SMILES string of the molecule is CC[Si](C#CC[C@H](COC(=O)C(C)C)n1cc(C[C@H](COC(=O)C(C)C)n2cc(C[C@H](COC(=O)C(C)C)n3cc(C[C@H](COC(=O)C(C)C)OS(=O)(=O)c4ccc(C)cc4)nn3)nn2)nn1)(CC)CC. The highest BCUT2D eigenvalue weighted by molar-refractivity contribution is 7.86. The molecule has 0 fully saturated rings. The quantitative estimate of drug-likeness (QED) is 0.0196. The Morgan fingerprint density at radius 2 is 0.930 bits per heavy atom. The Labute approximate surface area is 419 Å². The van der Waals surface area contributed by atoms with Gasteiger partial charge in [-0.05, 0) is 37.2 Å². The number of aryl methyl sites for hydroxylation is 1. The average Bonchev–Trinajstić information content (AvgIpc) is 4.12. The van der Waals surface area contributed by atoms with Crippen LogP contribution in [0.15, 0.2) is 47.8 Å². The number of carbonyl (C=O) groups is 4. The number of aromatic nitrogens is 9. The highest BCUT2D eigenvalue weighted by Crippen LogP contribution is 2.23. The molecule has 0 spiro atoms. The van der Waals surface area contributed by atoms with E-state index >= 15 is 0 Å². The van der Waals surface area contributed by atoms with Crippen LogP contribution in [0.3, 0.4) is 0 Å². The van der Waals surface area contributed by atoms with E-state index < -0.39 is 72.2 Å². The van der Waals surface area contributed by atoms with Crippen LogP contribution in [-0.2, 0) is 71.7 Å². The Morgan fingerprint density at radius 1 is 0.563 bits per heavy atom. The fourth-order valence-corrected chi connectivity index (χ4v) is 10.5. The molecule has 20 nitrogen and oxygen atoms in total. The molecule has 4 rings (SSSR count). The molecule has 1 aromatic carbocycles. The predicted molar refractivity (Wildman–Crippen MR) is 264 cm³/mol. The van der Waals surface area contributed by atoms with Crippen LogP contribution in [0.4, 0.5) is 0 Å². The number of benzene rings is 1. The van der Waals surface area contributed by atoms with Crippen molar-refractivity contribution >= 4 is 42.1 Å². The minimum atomic E-state index is -4.28. The second-order valence-corrected chi connectivity index (χ2v) is 25.6. The van der Waals surface area contributed by atoms with Crippen molar-refractivity contribution in [3.8, 4) is 11.5 Å². The van der Waals surface area contributed by atoms with Crippen LogP contribution in [0, 0.1) is 42.1 Å². The Balaban J connectivity index is 1.62. The molecule has 0 aliphatic carbocycles. The second kappa shape index (κ2) is 27.1. The van der Waals surface area contributed by atoms with Crippen molar-refractivity contribution in [3.63, 3.8) is 0 Å². The van der Waals surface area contributed by atoms with Crippen LogP contribution in [0.2, 0.25) is 18.1 Å². The van der Waals surface area contributed by atoms with E-state index in [1.165, 1.54) is 16.8 Å². The van der Waals surface area contributed by atoms with E-state index in [-0.39, 0.29) is 68.4 Å². The summed E-state index contributed by atoms with van der Waals surface area (Å²) < 4.78 is 59.6. The lowest BCUT2D eigenvalue weighted by Crippen LogP contribution is -2.29. The van der Waals surface area contributed by atoms with E-state index in [1.54, 1.807) is 95.5 Å². The van der Waals surface area contributed by atoms with Crippen LogP contribution in [0.5, 0.6) is 0 Å². The van der Waals surface area contributed by atoms with Crippen LogP contribution >= 0.6 is 0 Å². The van der Waals surface area contributed by atoms with Crippen molar-refractivity contribution in [2.45, 2.75) is 156 Å². The summed E-state index contributed by atoms with van der Waals surface area (Å²) in [5, 5.41) is 26.4. The van der Waals surface area contributed by atoms with Crippen molar-refractivity contribution < 1.29 is 50.7 Å². The van der Waals surface area contributed by atoms with E-state index in [9.17, 15) is 27.6 Å². The average molecular weight is 1020 g/mol. The zero-order chi connectivity index (χ0) is 52.5. The van der Waals surface area contributed by atoms with E-state index in [1.807, 2.05) is 6.92 Å². The molecule has 0 saturated carbocycles. The molecule has 0 bridgehead atoms. The van der Waals surface area contributed by atoms with Gasteiger partial charge in [-0.1, -0.05) is 109 Å². The largest absolute Gasteiger partial charge is 0.463 e. The fourth-order valence-electron chi connectivity index (χ4n) is 6.97. The summed E-state index contributed by atoms with van der Waals surface area (Å²) in [4.78, 5) is 50.4. The van der Waals surface area contributed by atoms with Gasteiger partial charge in [0.2, 0.25) is 0 Å². The number of carbonyl (C=O) groups excluding carboxylic acids is 4. The number of hydrogen-bond acceptors (Lipinski definition) is 17. The van der Waals surface area contributed by atoms with Gasteiger partial charge >= 0.3 is 23.9 Å². The van der Waals surface area contributed by atoms with Crippen molar-refractivity contribution in [1.29, 1.82) is 0 Å². The lowest BCUT2D eigenvalue weighted by atomic mass is 10.1. The minimum Gasteiger partial charge on any atom is -0.463 e. The molecule has 71 heavy (non-hydrogen) atoms. The van der Waals surface area contributed by atoms with Gasteiger partial charge in [-0.15, -0.1) is 26.8 Å². The van der Waals surface area contributed by atoms with Gasteiger partial charge in [-0.25, -0.2) is 14.0 Å². The molecule has 0 unspecified atom stereocenters. The third-order valence-corrected chi connectivity index (χ3v) is 18.1. The third kappa shape index (κ3) is 17.8. The van der Waals surface area contributed by atoms with Gasteiger partial charge in [0.25, 0.3) is 10.1 Å². The second-order valence-electron chi connectivity index (χ2n) is 19.1. The molecule has 0 N–H and O–H groups in total. The van der Waals surface area contributed by atoms with Gasteiger partial charge in [-0.3, -0.25) is 23.4 Å². The maximum Gasteiger partial charge on any atom is 0.308 e. The first kappa shape index (κ1) is 57.8. The molecule has 0 radical (unpaired) electrons. The van der Waals surface area contributed by atoms with Crippen molar-refractivity contribution in [3.05, 3.63) is 65.5 Å². The normalized spacial score (nSPS) is 13.7. The summed E-state index contributed by atoms with van der Waals surface area (Å²) in [7, 11) is -6.02. The van der Waals surface area contributed by atoms with Gasteiger partial charge in [-0.2, -0.15) is 8.42 Å². The van der Waals surface area contributed by atoms with Gasteiger partial charge < -0.3 is 18.9 Å². The van der Waals surface area contributed by atoms with Gasteiger partial charge in [0.05, 0.1) is 63.8 Å². The van der Waals surface area contributed by atoms with Crippen molar-refractivity contribution in [1.82, 2.24) is 45.0 Å². The zero-order valence-electron chi connectivity index (χ0n) is 43.4. The monoisotopic (exact) mass is 1020 g/mol. The van der Waals surface area contributed by atoms with E-state index in [2.05, 4.69) is 63.2 Å². The molecule has 0 aliphatic heterocycles. The summed E-state index contributed by atoms with van der Waals surface area (Å²) in [5.41, 5.74) is 5.81. The topological polar surface area (TPSA) is 241 Å². The predicted octanol–water partition coefficient (Wildman–Crippen LogP) is 6.43. The maximum absolute atomic E-state index is 13.4. The highest BCUT2D eigenvalue weighted by Gasteiger charge is 2.29. The zero-order valence-corrected chi connectivity index (χ0v) is 45.2. The maximum atomic E-state index is 13.4. The Morgan fingerprint density at radius 3 is 1.32 bits per heavy atom.